The molecule has 34 heavy (non-hydrogen) atoms. The van der Waals surface area contributed by atoms with E-state index in [1.54, 1.807) is 17.8 Å². The molecule has 1 fully saturated rings. The van der Waals surface area contributed by atoms with Gasteiger partial charge in [-0.25, -0.2) is 9.97 Å². The minimum atomic E-state index is -0.366. The van der Waals surface area contributed by atoms with E-state index < -0.39 is 0 Å². The third-order valence-corrected chi connectivity index (χ3v) is 6.45. The van der Waals surface area contributed by atoms with Crippen molar-refractivity contribution in [3.8, 4) is 0 Å². The number of benzene rings is 1. The number of anilines is 4. The fraction of sp³-hybridized carbons (Fsp3) is 0.318. The van der Waals surface area contributed by atoms with Gasteiger partial charge in [0.15, 0.2) is 22.5 Å². The summed E-state index contributed by atoms with van der Waals surface area (Å²) >= 11 is 2.92. The number of carbonyl (C=O) groups is 2. The van der Waals surface area contributed by atoms with Crippen molar-refractivity contribution in [2.24, 2.45) is 5.92 Å². The van der Waals surface area contributed by atoms with E-state index >= 15 is 0 Å². The lowest BCUT2D eigenvalue weighted by Crippen LogP contribution is -2.28. The van der Waals surface area contributed by atoms with Gasteiger partial charge in [-0.1, -0.05) is 0 Å². The molecule has 0 unspecified atom stereocenters. The number of aryl methyl sites for hydroxylation is 1. The zero-order valence-electron chi connectivity index (χ0n) is 18.8. The van der Waals surface area contributed by atoms with E-state index in [-0.39, 0.29) is 29.1 Å². The lowest BCUT2D eigenvalue weighted by atomic mass is 10.3. The predicted molar refractivity (Wildman–Crippen MR) is 136 cm³/mol. The van der Waals surface area contributed by atoms with E-state index in [1.807, 2.05) is 37.4 Å². The number of nitrogens with zero attached hydrogens (tertiary/aromatic N) is 3. The summed E-state index contributed by atoms with van der Waals surface area (Å²) in [6.07, 6.45) is 3.88. The van der Waals surface area contributed by atoms with Gasteiger partial charge in [-0.2, -0.15) is 16.9 Å². The molecule has 178 valence electrons. The largest absolute Gasteiger partial charge is 0.394 e. The number of H-pyrrole nitrogens is 1. The SMILES string of the molecule is CSCCNC(=O)c1nc(Sc2ccc(NC(=O)C3CC3)cc2)nc(Nc2cc(C)[nH]n2)c1N. The first kappa shape index (κ1) is 23.9. The number of nitrogens with two attached hydrogens (primary N) is 1. The first-order valence-electron chi connectivity index (χ1n) is 10.8. The highest BCUT2D eigenvalue weighted by Gasteiger charge is 2.29. The highest BCUT2D eigenvalue weighted by atomic mass is 32.2. The summed E-state index contributed by atoms with van der Waals surface area (Å²) in [6, 6.07) is 9.22. The molecule has 0 saturated heterocycles. The van der Waals surface area contributed by atoms with E-state index in [2.05, 4.69) is 36.1 Å². The van der Waals surface area contributed by atoms with Crippen molar-refractivity contribution in [1.82, 2.24) is 25.5 Å². The van der Waals surface area contributed by atoms with Crippen LogP contribution in [0.15, 0.2) is 40.4 Å². The fourth-order valence-corrected chi connectivity index (χ4v) is 4.08. The van der Waals surface area contributed by atoms with Crippen LogP contribution in [0.2, 0.25) is 0 Å². The molecule has 0 bridgehead atoms. The molecule has 3 aromatic rings. The molecule has 12 heteroatoms. The summed E-state index contributed by atoms with van der Waals surface area (Å²) in [5.41, 5.74) is 8.11. The standard InChI is InChI=1S/C22H26N8O2S2/c1-12-11-16(30-29-12)26-19-17(23)18(21(32)24-9-10-33-2)27-22(28-19)34-15-7-5-14(6-8-15)25-20(31)13-3-4-13/h5-8,11,13H,3-4,9-10,23H2,1-2H3,(H,24,32)(H,25,31)(H2,26,27,28,29,30). The second kappa shape index (κ2) is 10.8. The maximum atomic E-state index is 12.8. The van der Waals surface area contributed by atoms with Gasteiger partial charge in [0.25, 0.3) is 5.91 Å². The smallest absolute Gasteiger partial charge is 0.272 e. The van der Waals surface area contributed by atoms with Crippen LogP contribution in [0.25, 0.3) is 0 Å². The van der Waals surface area contributed by atoms with Crippen LogP contribution in [0, 0.1) is 12.8 Å². The second-order valence-electron chi connectivity index (χ2n) is 7.82. The maximum absolute atomic E-state index is 12.8. The van der Waals surface area contributed by atoms with Crippen molar-refractivity contribution in [3.63, 3.8) is 0 Å². The summed E-state index contributed by atoms with van der Waals surface area (Å²) in [5.74, 6) is 1.44. The molecule has 0 radical (unpaired) electrons. The third kappa shape index (κ3) is 6.20. The molecule has 2 heterocycles. The molecule has 1 aliphatic rings. The Morgan fingerprint density at radius 1 is 1.21 bits per heavy atom. The molecule has 4 rings (SSSR count). The Morgan fingerprint density at radius 2 is 1.97 bits per heavy atom. The first-order chi connectivity index (χ1) is 16.4. The normalized spacial score (nSPS) is 12.9. The van der Waals surface area contributed by atoms with Gasteiger partial charge < -0.3 is 21.7 Å². The van der Waals surface area contributed by atoms with Gasteiger partial charge in [0.05, 0.1) is 0 Å². The molecule has 10 nitrogen and oxygen atoms in total. The van der Waals surface area contributed by atoms with Gasteiger partial charge in [-0.3, -0.25) is 14.7 Å². The lowest BCUT2D eigenvalue weighted by Gasteiger charge is -2.13. The molecule has 0 spiro atoms. The van der Waals surface area contributed by atoms with E-state index in [0.29, 0.717) is 23.3 Å². The van der Waals surface area contributed by atoms with Crippen molar-refractivity contribution in [2.45, 2.75) is 29.8 Å². The Bertz CT molecular complexity index is 1180. The molecule has 1 saturated carbocycles. The van der Waals surface area contributed by atoms with E-state index in [9.17, 15) is 9.59 Å². The number of aromatic nitrogens is 4. The van der Waals surface area contributed by atoms with E-state index in [1.165, 1.54) is 11.8 Å². The second-order valence-corrected chi connectivity index (χ2v) is 9.84. The first-order valence-corrected chi connectivity index (χ1v) is 13.0. The Labute approximate surface area is 205 Å². The summed E-state index contributed by atoms with van der Waals surface area (Å²) in [4.78, 5) is 34.5. The fourth-order valence-electron chi connectivity index (χ4n) is 3.02. The molecule has 6 N–H and O–H groups in total. The number of hydrogen-bond donors (Lipinski definition) is 5. The van der Waals surface area contributed by atoms with Crippen LogP contribution in [-0.4, -0.2) is 50.5 Å². The van der Waals surface area contributed by atoms with Crippen molar-refractivity contribution in [2.75, 3.05) is 34.9 Å². The average molecular weight is 499 g/mol. The van der Waals surface area contributed by atoms with Crippen LogP contribution in [0.4, 0.5) is 23.0 Å². The molecular formula is C22H26N8O2S2. The highest BCUT2D eigenvalue weighted by Crippen LogP contribution is 2.32. The van der Waals surface area contributed by atoms with E-state index in [0.717, 1.165) is 34.9 Å². The molecule has 1 aliphatic carbocycles. The molecule has 2 aromatic heterocycles. The topological polar surface area (TPSA) is 151 Å². The molecule has 0 atom stereocenters. The summed E-state index contributed by atoms with van der Waals surface area (Å²) in [6.45, 7) is 2.38. The zero-order chi connectivity index (χ0) is 24.1. The van der Waals surface area contributed by atoms with Crippen LogP contribution >= 0.6 is 23.5 Å². The van der Waals surface area contributed by atoms with Crippen LogP contribution < -0.4 is 21.7 Å². The molecule has 2 amide bonds. The number of thioether (sulfide) groups is 1. The zero-order valence-corrected chi connectivity index (χ0v) is 20.5. The Kier molecular flexibility index (Phi) is 7.58. The van der Waals surface area contributed by atoms with Crippen LogP contribution in [0.5, 0.6) is 0 Å². The van der Waals surface area contributed by atoms with Crippen molar-refractivity contribution >= 4 is 58.3 Å². The highest BCUT2D eigenvalue weighted by molar-refractivity contribution is 7.99. The Balaban J connectivity index is 1.55. The molecule has 0 aliphatic heterocycles. The third-order valence-electron chi connectivity index (χ3n) is 4.96. The number of hydrogen-bond acceptors (Lipinski definition) is 9. The molecular weight excluding hydrogens is 472 g/mol. The molecule has 1 aromatic carbocycles. The van der Waals surface area contributed by atoms with Gasteiger partial charge in [0, 0.05) is 40.6 Å². The van der Waals surface area contributed by atoms with Crippen molar-refractivity contribution < 1.29 is 9.59 Å². The van der Waals surface area contributed by atoms with E-state index in [4.69, 9.17) is 5.73 Å². The monoisotopic (exact) mass is 498 g/mol. The Hall–Kier alpha value is -3.25. The maximum Gasteiger partial charge on any atom is 0.272 e. The van der Waals surface area contributed by atoms with Crippen molar-refractivity contribution in [1.29, 1.82) is 0 Å². The van der Waals surface area contributed by atoms with Gasteiger partial charge >= 0.3 is 0 Å². The van der Waals surface area contributed by atoms with Crippen molar-refractivity contribution in [3.05, 3.63) is 41.7 Å². The number of rotatable bonds is 10. The van der Waals surface area contributed by atoms with Gasteiger partial charge in [-0.15, -0.1) is 0 Å². The minimum Gasteiger partial charge on any atom is -0.394 e. The van der Waals surface area contributed by atoms with Gasteiger partial charge in [0.1, 0.15) is 5.69 Å². The Morgan fingerprint density at radius 3 is 2.62 bits per heavy atom. The van der Waals surface area contributed by atoms with Gasteiger partial charge in [-0.05, 0) is 62.0 Å². The minimum absolute atomic E-state index is 0.0590. The summed E-state index contributed by atoms with van der Waals surface area (Å²) in [7, 11) is 0. The summed E-state index contributed by atoms with van der Waals surface area (Å²) in [5, 5.41) is 16.2. The summed E-state index contributed by atoms with van der Waals surface area (Å²) < 4.78 is 0. The quantitative estimate of drug-likeness (QED) is 0.209. The van der Waals surface area contributed by atoms with Crippen LogP contribution in [-0.2, 0) is 4.79 Å². The van der Waals surface area contributed by atoms with Gasteiger partial charge in [0.2, 0.25) is 5.91 Å². The lowest BCUT2D eigenvalue weighted by molar-refractivity contribution is -0.117. The number of aromatic amines is 1. The number of amides is 2. The number of carbonyl (C=O) groups excluding carboxylic acids is 2. The van der Waals surface area contributed by atoms with Crippen LogP contribution in [0.3, 0.4) is 0 Å². The average Bonchev–Trinajstić information content (AvgIpc) is 3.59. The number of nitrogen functional groups attached to an aromatic ring is 1. The number of nitrogens with one attached hydrogen (secondary N) is 4. The van der Waals surface area contributed by atoms with Crippen LogP contribution in [0.1, 0.15) is 29.0 Å². The predicted octanol–water partition coefficient (Wildman–Crippen LogP) is 3.43.